The summed E-state index contributed by atoms with van der Waals surface area (Å²) in [5.41, 5.74) is 6.01. The van der Waals surface area contributed by atoms with Gasteiger partial charge in [0.2, 0.25) is 0 Å². The number of thiocarbonyl (C=S) groups is 1. The molecule has 0 aliphatic carbocycles. The van der Waals surface area contributed by atoms with Crippen molar-refractivity contribution in [3.63, 3.8) is 0 Å². The van der Waals surface area contributed by atoms with Gasteiger partial charge in [-0.15, -0.1) is 0 Å². The average molecular weight is 312 g/mol. The van der Waals surface area contributed by atoms with Crippen molar-refractivity contribution in [1.29, 1.82) is 0 Å². The van der Waals surface area contributed by atoms with Gasteiger partial charge in [-0.2, -0.15) is 0 Å². The molecule has 3 nitrogen and oxygen atoms in total. The number of aryl methyl sites for hydroxylation is 3. The Hall–Kier alpha value is -2.20. The summed E-state index contributed by atoms with van der Waals surface area (Å²) in [6, 6.07) is 11.5. The first-order valence-electron chi connectivity index (χ1n) is 7.13. The summed E-state index contributed by atoms with van der Waals surface area (Å²) in [6.45, 7) is 7.74. The standard InChI is InChI=1S/C18H20N2OS/c1-11-8-12(2)17(13(3)9-11)20-18(22)19-16-7-5-6-15(10-16)14(4)21/h5-10H,1-4H3,(H2,19,20,22). The van der Waals surface area contributed by atoms with Crippen molar-refractivity contribution in [2.24, 2.45) is 0 Å². The molecular formula is C18H20N2OS. The number of ketones is 1. The molecule has 0 atom stereocenters. The molecule has 0 aliphatic heterocycles. The maximum Gasteiger partial charge on any atom is 0.175 e. The molecule has 0 unspecified atom stereocenters. The maximum atomic E-state index is 11.4. The van der Waals surface area contributed by atoms with E-state index in [4.69, 9.17) is 12.2 Å². The second-order valence-corrected chi connectivity index (χ2v) is 5.90. The molecule has 0 bridgehead atoms. The molecular weight excluding hydrogens is 292 g/mol. The molecule has 0 radical (unpaired) electrons. The third-order valence-corrected chi connectivity index (χ3v) is 3.65. The molecule has 0 aliphatic rings. The molecule has 0 saturated heterocycles. The Kier molecular flexibility index (Phi) is 4.93. The van der Waals surface area contributed by atoms with Crippen molar-refractivity contribution in [1.82, 2.24) is 0 Å². The first-order valence-corrected chi connectivity index (χ1v) is 7.54. The fraction of sp³-hybridized carbons (Fsp3) is 0.222. The molecule has 0 spiro atoms. The van der Waals surface area contributed by atoms with E-state index >= 15 is 0 Å². The number of nitrogens with one attached hydrogen (secondary N) is 2. The Bertz CT molecular complexity index is 715. The van der Waals surface area contributed by atoms with E-state index in [1.54, 1.807) is 19.1 Å². The second-order valence-electron chi connectivity index (χ2n) is 5.49. The van der Waals surface area contributed by atoms with E-state index in [1.165, 1.54) is 5.56 Å². The van der Waals surface area contributed by atoms with Crippen LogP contribution in [0.1, 0.15) is 34.0 Å². The fourth-order valence-corrected chi connectivity index (χ4v) is 2.69. The van der Waals surface area contributed by atoms with Crippen LogP contribution in [-0.4, -0.2) is 10.9 Å². The monoisotopic (exact) mass is 312 g/mol. The third-order valence-electron chi connectivity index (χ3n) is 3.44. The zero-order valence-electron chi connectivity index (χ0n) is 13.3. The first-order chi connectivity index (χ1) is 10.4. The van der Waals surface area contributed by atoms with Gasteiger partial charge in [-0.1, -0.05) is 29.8 Å². The minimum absolute atomic E-state index is 0.0350. The number of Topliss-reactive ketones (excluding diaryl/α,β-unsaturated/α-hetero) is 1. The molecule has 0 heterocycles. The zero-order chi connectivity index (χ0) is 16.3. The van der Waals surface area contributed by atoms with Crippen molar-refractivity contribution in [2.75, 3.05) is 10.6 Å². The zero-order valence-corrected chi connectivity index (χ0v) is 14.1. The Morgan fingerprint density at radius 1 is 1.00 bits per heavy atom. The fourth-order valence-electron chi connectivity index (χ4n) is 2.47. The Morgan fingerprint density at radius 2 is 1.64 bits per heavy atom. The SMILES string of the molecule is CC(=O)c1cccc(NC(=S)Nc2c(C)cc(C)cc2C)c1. The van der Waals surface area contributed by atoms with Gasteiger partial charge in [0.15, 0.2) is 10.9 Å². The highest BCUT2D eigenvalue weighted by Gasteiger charge is 2.07. The third kappa shape index (κ3) is 3.92. The minimum Gasteiger partial charge on any atom is -0.332 e. The van der Waals surface area contributed by atoms with E-state index < -0.39 is 0 Å². The molecule has 2 aromatic rings. The van der Waals surface area contributed by atoms with Crippen LogP contribution in [-0.2, 0) is 0 Å². The quantitative estimate of drug-likeness (QED) is 0.641. The van der Waals surface area contributed by atoms with Crippen LogP contribution >= 0.6 is 12.2 Å². The van der Waals surface area contributed by atoms with Crippen molar-refractivity contribution in [2.45, 2.75) is 27.7 Å². The minimum atomic E-state index is 0.0350. The summed E-state index contributed by atoms with van der Waals surface area (Å²) < 4.78 is 0. The first kappa shape index (κ1) is 16.2. The molecule has 2 N–H and O–H groups in total. The highest BCUT2D eigenvalue weighted by Crippen LogP contribution is 2.22. The number of hydrogen-bond donors (Lipinski definition) is 2. The van der Waals surface area contributed by atoms with Crippen LogP contribution in [0.4, 0.5) is 11.4 Å². The van der Waals surface area contributed by atoms with Gasteiger partial charge in [0.05, 0.1) is 0 Å². The predicted octanol–water partition coefficient (Wildman–Crippen LogP) is 4.62. The lowest BCUT2D eigenvalue weighted by atomic mass is 10.1. The van der Waals surface area contributed by atoms with E-state index in [1.807, 2.05) is 12.1 Å². The lowest BCUT2D eigenvalue weighted by Crippen LogP contribution is -2.20. The van der Waals surface area contributed by atoms with Gasteiger partial charge >= 0.3 is 0 Å². The van der Waals surface area contributed by atoms with Crippen LogP contribution < -0.4 is 10.6 Å². The van der Waals surface area contributed by atoms with Crippen LogP contribution in [0.5, 0.6) is 0 Å². The summed E-state index contributed by atoms with van der Waals surface area (Å²) in [4.78, 5) is 11.4. The summed E-state index contributed by atoms with van der Waals surface area (Å²) in [5, 5.41) is 6.87. The molecule has 2 rings (SSSR count). The van der Waals surface area contributed by atoms with Crippen LogP contribution in [0, 0.1) is 20.8 Å². The number of carbonyl (C=O) groups is 1. The van der Waals surface area contributed by atoms with E-state index in [9.17, 15) is 4.79 Å². The molecule has 2 aromatic carbocycles. The molecule has 0 saturated carbocycles. The average Bonchev–Trinajstić information content (AvgIpc) is 2.43. The molecule has 4 heteroatoms. The van der Waals surface area contributed by atoms with Crippen molar-refractivity contribution < 1.29 is 4.79 Å². The van der Waals surface area contributed by atoms with Crippen LogP contribution in [0.2, 0.25) is 0 Å². The van der Waals surface area contributed by atoms with Gasteiger partial charge in [0.25, 0.3) is 0 Å². The van der Waals surface area contributed by atoms with Gasteiger partial charge < -0.3 is 10.6 Å². The second kappa shape index (κ2) is 6.71. The van der Waals surface area contributed by atoms with Gasteiger partial charge in [-0.3, -0.25) is 4.79 Å². The van der Waals surface area contributed by atoms with E-state index in [-0.39, 0.29) is 5.78 Å². The summed E-state index contributed by atoms with van der Waals surface area (Å²) >= 11 is 5.37. The van der Waals surface area contributed by atoms with Gasteiger partial charge in [-0.25, -0.2) is 0 Å². The predicted molar refractivity (Wildman–Crippen MR) is 96.9 cm³/mol. The molecule has 114 valence electrons. The van der Waals surface area contributed by atoms with Gasteiger partial charge in [0.1, 0.15) is 0 Å². The number of hydrogen-bond acceptors (Lipinski definition) is 2. The van der Waals surface area contributed by atoms with Gasteiger partial charge in [0, 0.05) is 16.9 Å². The largest absolute Gasteiger partial charge is 0.332 e. The normalized spacial score (nSPS) is 10.2. The highest BCUT2D eigenvalue weighted by molar-refractivity contribution is 7.80. The lowest BCUT2D eigenvalue weighted by molar-refractivity contribution is 0.101. The van der Waals surface area contributed by atoms with Crippen LogP contribution in [0.3, 0.4) is 0 Å². The molecule has 0 aromatic heterocycles. The maximum absolute atomic E-state index is 11.4. The summed E-state index contributed by atoms with van der Waals surface area (Å²) in [7, 11) is 0. The van der Waals surface area contributed by atoms with Crippen molar-refractivity contribution in [3.05, 3.63) is 58.7 Å². The van der Waals surface area contributed by atoms with Crippen molar-refractivity contribution in [3.8, 4) is 0 Å². The van der Waals surface area contributed by atoms with E-state index in [0.717, 1.165) is 22.5 Å². The smallest absolute Gasteiger partial charge is 0.175 e. The van der Waals surface area contributed by atoms with E-state index in [2.05, 4.69) is 43.5 Å². The number of carbonyl (C=O) groups excluding carboxylic acids is 1. The molecule has 22 heavy (non-hydrogen) atoms. The van der Waals surface area contributed by atoms with Crippen LogP contribution in [0.15, 0.2) is 36.4 Å². The highest BCUT2D eigenvalue weighted by atomic mass is 32.1. The number of anilines is 2. The summed E-state index contributed by atoms with van der Waals surface area (Å²) in [6.07, 6.45) is 0. The van der Waals surface area contributed by atoms with Crippen molar-refractivity contribution >= 4 is 34.5 Å². The Morgan fingerprint density at radius 3 is 2.23 bits per heavy atom. The number of benzene rings is 2. The topological polar surface area (TPSA) is 41.1 Å². The van der Waals surface area contributed by atoms with Crippen LogP contribution in [0.25, 0.3) is 0 Å². The van der Waals surface area contributed by atoms with E-state index in [0.29, 0.717) is 10.7 Å². The lowest BCUT2D eigenvalue weighted by Gasteiger charge is -2.16. The Balaban J connectivity index is 2.14. The molecule has 0 fully saturated rings. The Labute approximate surface area is 136 Å². The van der Waals surface area contributed by atoms with Gasteiger partial charge in [-0.05, 0) is 63.2 Å². The summed E-state index contributed by atoms with van der Waals surface area (Å²) in [5.74, 6) is 0.0350. The molecule has 0 amide bonds. The number of rotatable bonds is 3.